The second kappa shape index (κ2) is 7.11. The normalized spacial score (nSPS) is 12.9. The SMILES string of the molecule is C[C@H](Cc1ccnc(-c2ccnc3[nH]ccc23)n1)C(=O)NCC(F)(F)F. The van der Waals surface area contributed by atoms with Crippen LogP contribution in [0.2, 0.25) is 0 Å². The molecule has 9 heteroatoms. The van der Waals surface area contributed by atoms with Crippen molar-refractivity contribution in [1.29, 1.82) is 0 Å². The summed E-state index contributed by atoms with van der Waals surface area (Å²) in [4.78, 5) is 27.7. The van der Waals surface area contributed by atoms with Gasteiger partial charge in [-0.15, -0.1) is 0 Å². The molecule has 0 aliphatic heterocycles. The summed E-state index contributed by atoms with van der Waals surface area (Å²) in [6.45, 7) is 0.220. The van der Waals surface area contributed by atoms with Crippen LogP contribution in [0.4, 0.5) is 13.2 Å². The van der Waals surface area contributed by atoms with E-state index in [1.54, 1.807) is 37.6 Å². The Kier molecular flexibility index (Phi) is 4.88. The molecule has 0 bridgehead atoms. The van der Waals surface area contributed by atoms with E-state index in [4.69, 9.17) is 0 Å². The number of hydrogen-bond acceptors (Lipinski definition) is 4. The highest BCUT2D eigenvalue weighted by atomic mass is 19.4. The Morgan fingerprint density at radius 3 is 2.77 bits per heavy atom. The van der Waals surface area contributed by atoms with Gasteiger partial charge in [-0.25, -0.2) is 15.0 Å². The monoisotopic (exact) mass is 363 g/mol. The highest BCUT2D eigenvalue weighted by Crippen LogP contribution is 2.24. The fraction of sp³-hybridized carbons (Fsp3) is 0.294. The molecular weight excluding hydrogens is 347 g/mol. The smallest absolute Gasteiger partial charge is 0.347 e. The molecule has 3 rings (SSSR count). The van der Waals surface area contributed by atoms with E-state index in [-0.39, 0.29) is 6.42 Å². The Balaban J connectivity index is 1.75. The Bertz CT molecular complexity index is 922. The first-order valence-corrected chi connectivity index (χ1v) is 7.92. The molecule has 0 spiro atoms. The number of halogens is 3. The Labute approximate surface area is 146 Å². The summed E-state index contributed by atoms with van der Waals surface area (Å²) < 4.78 is 36.6. The fourth-order valence-electron chi connectivity index (χ4n) is 2.56. The summed E-state index contributed by atoms with van der Waals surface area (Å²) in [5.74, 6) is -0.846. The van der Waals surface area contributed by atoms with Crippen LogP contribution in [0.5, 0.6) is 0 Å². The number of aromatic nitrogens is 4. The minimum Gasteiger partial charge on any atom is -0.347 e. The van der Waals surface area contributed by atoms with E-state index in [9.17, 15) is 18.0 Å². The van der Waals surface area contributed by atoms with E-state index in [1.807, 2.05) is 11.4 Å². The van der Waals surface area contributed by atoms with Crippen LogP contribution in [0, 0.1) is 5.92 Å². The zero-order chi connectivity index (χ0) is 18.7. The second-order valence-corrected chi connectivity index (χ2v) is 5.91. The number of alkyl halides is 3. The highest BCUT2D eigenvalue weighted by molar-refractivity contribution is 5.90. The summed E-state index contributed by atoms with van der Waals surface area (Å²) in [6.07, 6.45) is 0.744. The predicted octanol–water partition coefficient (Wildman–Crippen LogP) is 2.88. The first-order valence-electron chi connectivity index (χ1n) is 7.92. The number of H-pyrrole nitrogens is 1. The van der Waals surface area contributed by atoms with Crippen LogP contribution in [0.1, 0.15) is 12.6 Å². The van der Waals surface area contributed by atoms with Gasteiger partial charge >= 0.3 is 6.18 Å². The molecule has 0 aliphatic rings. The molecular formula is C17H16F3N5O. The van der Waals surface area contributed by atoms with Gasteiger partial charge < -0.3 is 10.3 Å². The number of hydrogen-bond donors (Lipinski definition) is 2. The summed E-state index contributed by atoms with van der Waals surface area (Å²) in [6, 6.07) is 5.29. The predicted molar refractivity (Wildman–Crippen MR) is 89.1 cm³/mol. The lowest BCUT2D eigenvalue weighted by atomic mass is 10.0. The van der Waals surface area contributed by atoms with E-state index >= 15 is 0 Å². The molecule has 0 aromatic carbocycles. The van der Waals surface area contributed by atoms with Gasteiger partial charge in [0.25, 0.3) is 0 Å². The average molecular weight is 363 g/mol. The largest absolute Gasteiger partial charge is 0.405 e. The van der Waals surface area contributed by atoms with Gasteiger partial charge in [-0.3, -0.25) is 4.79 Å². The molecule has 3 aromatic heterocycles. The first kappa shape index (κ1) is 17.8. The number of nitrogens with one attached hydrogen (secondary N) is 2. The molecule has 1 amide bonds. The van der Waals surface area contributed by atoms with Crippen molar-refractivity contribution < 1.29 is 18.0 Å². The Hall–Kier alpha value is -2.97. The van der Waals surface area contributed by atoms with E-state index in [2.05, 4.69) is 19.9 Å². The molecule has 1 atom stereocenters. The van der Waals surface area contributed by atoms with Crippen LogP contribution in [-0.2, 0) is 11.2 Å². The third-order valence-corrected chi connectivity index (χ3v) is 3.84. The fourth-order valence-corrected chi connectivity index (χ4v) is 2.56. The van der Waals surface area contributed by atoms with Gasteiger partial charge in [-0.1, -0.05) is 6.92 Å². The molecule has 136 valence electrons. The molecule has 0 unspecified atom stereocenters. The zero-order valence-electron chi connectivity index (χ0n) is 13.8. The summed E-state index contributed by atoms with van der Waals surface area (Å²) in [7, 11) is 0. The molecule has 0 aliphatic carbocycles. The number of aromatic amines is 1. The maximum atomic E-state index is 12.2. The van der Waals surface area contributed by atoms with Crippen molar-refractivity contribution in [2.45, 2.75) is 19.5 Å². The Morgan fingerprint density at radius 1 is 1.23 bits per heavy atom. The van der Waals surface area contributed by atoms with Crippen LogP contribution in [0.25, 0.3) is 22.4 Å². The van der Waals surface area contributed by atoms with Crippen LogP contribution in [0.15, 0.2) is 36.8 Å². The van der Waals surface area contributed by atoms with E-state index < -0.39 is 24.5 Å². The first-order chi connectivity index (χ1) is 12.3. The van der Waals surface area contributed by atoms with Crippen molar-refractivity contribution in [3.63, 3.8) is 0 Å². The van der Waals surface area contributed by atoms with Crippen LogP contribution in [-0.4, -0.2) is 38.6 Å². The summed E-state index contributed by atoms with van der Waals surface area (Å²) >= 11 is 0. The number of nitrogens with zero attached hydrogens (tertiary/aromatic N) is 3. The average Bonchev–Trinajstić information content (AvgIpc) is 3.07. The van der Waals surface area contributed by atoms with Crippen molar-refractivity contribution in [2.24, 2.45) is 5.92 Å². The minimum absolute atomic E-state index is 0.209. The van der Waals surface area contributed by atoms with Crippen LogP contribution < -0.4 is 5.32 Å². The molecule has 0 saturated carbocycles. The van der Waals surface area contributed by atoms with Crippen LogP contribution in [0.3, 0.4) is 0 Å². The number of carbonyl (C=O) groups excluding carboxylic acids is 1. The number of pyridine rings is 1. The molecule has 2 N–H and O–H groups in total. The number of carbonyl (C=O) groups is 1. The van der Waals surface area contributed by atoms with Gasteiger partial charge in [0, 0.05) is 47.6 Å². The van der Waals surface area contributed by atoms with Gasteiger partial charge in [0.05, 0.1) is 0 Å². The standard InChI is InChI=1S/C17H16F3N5O/c1-10(16(26)24-9-17(18,19)20)8-11-2-5-23-15(25-11)13-4-7-22-14-12(13)3-6-21-14/h2-7,10H,8-9H2,1H3,(H,21,22)(H,24,26)/t10-/m1/s1. The lowest BCUT2D eigenvalue weighted by Gasteiger charge is -2.13. The lowest BCUT2D eigenvalue weighted by Crippen LogP contribution is -2.37. The van der Waals surface area contributed by atoms with E-state index in [1.165, 1.54) is 0 Å². The molecule has 3 aromatic rings. The summed E-state index contributed by atoms with van der Waals surface area (Å²) in [5.41, 5.74) is 2.06. The van der Waals surface area contributed by atoms with Gasteiger partial charge in [-0.05, 0) is 18.2 Å². The molecule has 3 heterocycles. The Morgan fingerprint density at radius 2 is 2.00 bits per heavy atom. The number of rotatable bonds is 5. The van der Waals surface area contributed by atoms with Crippen molar-refractivity contribution >= 4 is 16.9 Å². The third-order valence-electron chi connectivity index (χ3n) is 3.84. The minimum atomic E-state index is -4.43. The highest BCUT2D eigenvalue weighted by Gasteiger charge is 2.28. The zero-order valence-corrected chi connectivity index (χ0v) is 13.8. The lowest BCUT2D eigenvalue weighted by molar-refractivity contribution is -0.140. The second-order valence-electron chi connectivity index (χ2n) is 5.91. The van der Waals surface area contributed by atoms with Gasteiger partial charge in [0.2, 0.25) is 5.91 Å². The van der Waals surface area contributed by atoms with E-state index in [0.717, 1.165) is 10.9 Å². The third kappa shape index (κ3) is 4.16. The van der Waals surface area contributed by atoms with Crippen molar-refractivity contribution in [1.82, 2.24) is 25.3 Å². The molecule has 0 fully saturated rings. The van der Waals surface area contributed by atoms with Crippen molar-refractivity contribution in [2.75, 3.05) is 6.54 Å². The maximum absolute atomic E-state index is 12.2. The van der Waals surface area contributed by atoms with Crippen LogP contribution >= 0.6 is 0 Å². The van der Waals surface area contributed by atoms with Gasteiger partial charge in [-0.2, -0.15) is 13.2 Å². The topological polar surface area (TPSA) is 83.6 Å². The summed E-state index contributed by atoms with van der Waals surface area (Å²) in [5, 5.41) is 2.75. The van der Waals surface area contributed by atoms with E-state index in [0.29, 0.717) is 17.2 Å². The molecule has 26 heavy (non-hydrogen) atoms. The van der Waals surface area contributed by atoms with Crippen molar-refractivity contribution in [3.05, 3.63) is 42.5 Å². The van der Waals surface area contributed by atoms with Crippen molar-refractivity contribution in [3.8, 4) is 11.4 Å². The van der Waals surface area contributed by atoms with Gasteiger partial charge in [0.1, 0.15) is 12.2 Å². The maximum Gasteiger partial charge on any atom is 0.405 e. The molecule has 0 radical (unpaired) electrons. The number of amides is 1. The van der Waals surface area contributed by atoms with Gasteiger partial charge in [0.15, 0.2) is 5.82 Å². The molecule has 6 nitrogen and oxygen atoms in total. The number of fused-ring (bicyclic) bond motifs is 1. The molecule has 0 saturated heterocycles. The quantitative estimate of drug-likeness (QED) is 0.730.